The molecule has 3 atom stereocenters. The highest BCUT2D eigenvalue weighted by molar-refractivity contribution is 5.82. The molecule has 1 aromatic rings. The van der Waals surface area contributed by atoms with E-state index in [2.05, 4.69) is 19.1 Å². The molecule has 0 radical (unpaired) electrons. The van der Waals surface area contributed by atoms with Crippen molar-refractivity contribution in [1.29, 1.82) is 5.26 Å². The van der Waals surface area contributed by atoms with Gasteiger partial charge in [0.25, 0.3) is 0 Å². The van der Waals surface area contributed by atoms with Crippen molar-refractivity contribution >= 4 is 5.78 Å². The van der Waals surface area contributed by atoms with E-state index in [0.717, 1.165) is 16.9 Å². The van der Waals surface area contributed by atoms with Crippen LogP contribution < -0.4 is 4.74 Å². The number of ether oxygens (including phenoxy) is 1. The Bertz CT molecular complexity index is 572. The van der Waals surface area contributed by atoms with Gasteiger partial charge in [-0.15, -0.1) is 0 Å². The van der Waals surface area contributed by atoms with E-state index in [0.29, 0.717) is 12.8 Å². The van der Waals surface area contributed by atoms with Gasteiger partial charge in [0.05, 0.1) is 12.0 Å². The van der Waals surface area contributed by atoms with Crippen molar-refractivity contribution in [2.24, 2.45) is 5.92 Å². The maximum Gasteiger partial charge on any atom is 0.137 e. The number of hydrogen-bond acceptors (Lipinski definition) is 3. The van der Waals surface area contributed by atoms with Crippen LogP contribution in [0.15, 0.2) is 18.2 Å². The number of carbonyl (C=O) groups is 1. The Morgan fingerprint density at radius 1 is 1.44 bits per heavy atom. The number of rotatable bonds is 0. The summed E-state index contributed by atoms with van der Waals surface area (Å²) in [6, 6.07) is 8.35. The highest BCUT2D eigenvalue weighted by Gasteiger charge is 2.54. The minimum atomic E-state index is -0.343. The van der Waals surface area contributed by atoms with E-state index in [4.69, 9.17) is 4.74 Å². The summed E-state index contributed by atoms with van der Waals surface area (Å²) in [7, 11) is 0. The average Bonchev–Trinajstić information content (AvgIpc) is 2.62. The summed E-state index contributed by atoms with van der Waals surface area (Å²) in [5.41, 5.74) is 1.91. The summed E-state index contributed by atoms with van der Waals surface area (Å²) in [6.07, 6.45) is 0.586. The summed E-state index contributed by atoms with van der Waals surface area (Å²) in [5.74, 6) is 0.684. The van der Waals surface area contributed by atoms with E-state index in [1.165, 1.54) is 0 Å². The van der Waals surface area contributed by atoms with Crippen LogP contribution in [-0.4, -0.2) is 11.9 Å². The molecule has 0 aromatic heterocycles. The van der Waals surface area contributed by atoms with Crippen LogP contribution in [0.5, 0.6) is 5.75 Å². The first-order valence-corrected chi connectivity index (χ1v) is 6.25. The molecule has 0 saturated heterocycles. The lowest BCUT2D eigenvalue weighted by molar-refractivity contribution is -0.125. The largest absolute Gasteiger partial charge is 0.489 e. The Hall–Kier alpha value is -1.82. The minimum absolute atomic E-state index is 0.133. The molecule has 1 aromatic carbocycles. The van der Waals surface area contributed by atoms with Gasteiger partial charge in [-0.1, -0.05) is 24.6 Å². The first-order chi connectivity index (χ1) is 8.55. The zero-order valence-electron chi connectivity index (χ0n) is 10.6. The topological polar surface area (TPSA) is 50.1 Å². The molecular formula is C15H15NO2. The van der Waals surface area contributed by atoms with Crippen LogP contribution in [0.25, 0.3) is 0 Å². The quantitative estimate of drug-likeness (QED) is 0.701. The van der Waals surface area contributed by atoms with Crippen molar-refractivity contribution in [3.8, 4) is 11.8 Å². The van der Waals surface area contributed by atoms with Crippen LogP contribution in [0.2, 0.25) is 0 Å². The number of nitriles is 1. The van der Waals surface area contributed by atoms with E-state index in [-0.39, 0.29) is 23.2 Å². The normalized spacial score (nSPS) is 33.3. The summed E-state index contributed by atoms with van der Waals surface area (Å²) >= 11 is 0. The molecule has 3 rings (SSSR count). The lowest BCUT2D eigenvalue weighted by atomic mass is 9.63. The predicted octanol–water partition coefficient (Wildman–Crippen LogP) is 2.52. The Balaban J connectivity index is 2.16. The van der Waals surface area contributed by atoms with Crippen molar-refractivity contribution in [3.63, 3.8) is 0 Å². The molecule has 1 saturated carbocycles. The van der Waals surface area contributed by atoms with Gasteiger partial charge < -0.3 is 4.74 Å². The maximum absolute atomic E-state index is 11.7. The SMILES string of the molecule is Cc1ccc2c(c1)[C@]1(C)[C@H](C#N)CC(=O)C[C@H]1O2. The molecule has 0 N–H and O–H groups in total. The molecule has 0 unspecified atom stereocenters. The standard InChI is InChI=1S/C15H15NO2/c1-9-3-4-13-12(5-9)15(2)10(8-16)6-11(17)7-14(15)18-13/h3-5,10,14H,6-7H2,1-2H3/t10-,14+,15-/m0/s1. The molecule has 1 heterocycles. The molecule has 92 valence electrons. The van der Waals surface area contributed by atoms with Gasteiger partial charge >= 0.3 is 0 Å². The number of fused-ring (bicyclic) bond motifs is 3. The lowest BCUT2D eigenvalue weighted by Gasteiger charge is -2.37. The number of nitrogens with zero attached hydrogens (tertiary/aromatic N) is 1. The van der Waals surface area contributed by atoms with E-state index in [1.54, 1.807) is 0 Å². The molecule has 3 nitrogen and oxygen atoms in total. The van der Waals surface area contributed by atoms with Gasteiger partial charge in [0.1, 0.15) is 17.6 Å². The molecule has 0 spiro atoms. The summed E-state index contributed by atoms with van der Waals surface area (Å²) in [6.45, 7) is 4.09. The molecule has 1 fully saturated rings. The number of carbonyl (C=O) groups excluding carboxylic acids is 1. The van der Waals surface area contributed by atoms with Crippen molar-refractivity contribution < 1.29 is 9.53 Å². The Labute approximate surface area is 106 Å². The van der Waals surface area contributed by atoms with Gasteiger partial charge in [-0.3, -0.25) is 4.79 Å². The fraction of sp³-hybridized carbons (Fsp3) is 0.467. The van der Waals surface area contributed by atoms with Gasteiger partial charge in [-0.05, 0) is 13.0 Å². The molecule has 1 aliphatic carbocycles. The van der Waals surface area contributed by atoms with Crippen molar-refractivity contribution in [3.05, 3.63) is 29.3 Å². The van der Waals surface area contributed by atoms with Crippen molar-refractivity contribution in [2.45, 2.75) is 38.2 Å². The minimum Gasteiger partial charge on any atom is -0.489 e. The maximum atomic E-state index is 11.7. The zero-order valence-corrected chi connectivity index (χ0v) is 10.6. The van der Waals surface area contributed by atoms with Crippen molar-refractivity contribution in [1.82, 2.24) is 0 Å². The summed E-state index contributed by atoms with van der Waals surface area (Å²) in [5, 5.41) is 9.36. The predicted molar refractivity (Wildman–Crippen MR) is 66.3 cm³/mol. The molecular weight excluding hydrogens is 226 g/mol. The smallest absolute Gasteiger partial charge is 0.137 e. The third-order valence-electron chi connectivity index (χ3n) is 4.38. The van der Waals surface area contributed by atoms with Crippen LogP contribution in [0.3, 0.4) is 0 Å². The van der Waals surface area contributed by atoms with Crippen LogP contribution in [0, 0.1) is 24.2 Å². The highest BCUT2D eigenvalue weighted by atomic mass is 16.5. The van der Waals surface area contributed by atoms with Gasteiger partial charge in [0.2, 0.25) is 0 Å². The third-order valence-corrected chi connectivity index (χ3v) is 4.38. The van der Waals surface area contributed by atoms with E-state index >= 15 is 0 Å². The fourth-order valence-corrected chi connectivity index (χ4v) is 3.19. The van der Waals surface area contributed by atoms with Gasteiger partial charge in [0, 0.05) is 23.8 Å². The third kappa shape index (κ3) is 1.32. The van der Waals surface area contributed by atoms with Gasteiger partial charge in [0.15, 0.2) is 0 Å². The highest BCUT2D eigenvalue weighted by Crippen LogP contribution is 2.52. The Morgan fingerprint density at radius 2 is 2.22 bits per heavy atom. The Kier molecular flexibility index (Phi) is 2.25. The summed E-state index contributed by atoms with van der Waals surface area (Å²) < 4.78 is 5.90. The molecule has 18 heavy (non-hydrogen) atoms. The second kappa shape index (κ2) is 3.58. The number of Topliss-reactive ketones (excluding diaryl/α,β-unsaturated/α-hetero) is 1. The molecule has 3 heteroatoms. The van der Waals surface area contributed by atoms with E-state index < -0.39 is 0 Å². The number of benzene rings is 1. The fourth-order valence-electron chi connectivity index (χ4n) is 3.19. The first-order valence-electron chi connectivity index (χ1n) is 6.25. The average molecular weight is 241 g/mol. The van der Waals surface area contributed by atoms with Crippen molar-refractivity contribution in [2.75, 3.05) is 0 Å². The number of ketones is 1. The second-order valence-corrected chi connectivity index (χ2v) is 5.52. The second-order valence-electron chi connectivity index (χ2n) is 5.52. The van der Waals surface area contributed by atoms with Gasteiger partial charge in [-0.25, -0.2) is 0 Å². The number of hydrogen-bond donors (Lipinski definition) is 0. The Morgan fingerprint density at radius 3 is 2.94 bits per heavy atom. The van der Waals surface area contributed by atoms with E-state index in [1.807, 2.05) is 19.1 Å². The first kappa shape index (κ1) is 11.3. The monoisotopic (exact) mass is 241 g/mol. The molecule has 0 amide bonds. The molecule has 0 bridgehead atoms. The van der Waals surface area contributed by atoms with Crippen LogP contribution in [-0.2, 0) is 10.2 Å². The zero-order chi connectivity index (χ0) is 12.9. The van der Waals surface area contributed by atoms with Gasteiger partial charge in [-0.2, -0.15) is 5.26 Å². The summed E-state index contributed by atoms with van der Waals surface area (Å²) in [4.78, 5) is 11.7. The number of aryl methyl sites for hydroxylation is 1. The lowest BCUT2D eigenvalue weighted by Crippen LogP contribution is -2.47. The van der Waals surface area contributed by atoms with E-state index in [9.17, 15) is 10.1 Å². The molecule has 1 aliphatic heterocycles. The van der Waals surface area contributed by atoms with Crippen LogP contribution in [0.1, 0.15) is 30.9 Å². The van der Waals surface area contributed by atoms with Crippen LogP contribution >= 0.6 is 0 Å². The van der Waals surface area contributed by atoms with Crippen LogP contribution in [0.4, 0.5) is 0 Å². The molecule has 2 aliphatic rings.